The Labute approximate surface area is 121 Å². The molecule has 112 valence electrons. The number of rotatable bonds is 3. The fourth-order valence-corrected chi connectivity index (χ4v) is 2.13. The summed E-state index contributed by atoms with van der Waals surface area (Å²) in [5, 5.41) is 8.96. The predicted molar refractivity (Wildman–Crippen MR) is 71.1 cm³/mol. The summed E-state index contributed by atoms with van der Waals surface area (Å²) in [6.07, 6.45) is 0. The van der Waals surface area contributed by atoms with Crippen molar-refractivity contribution in [3.05, 3.63) is 35.4 Å². The van der Waals surface area contributed by atoms with E-state index < -0.39 is 23.9 Å². The molecule has 0 radical (unpaired) electrons. The van der Waals surface area contributed by atoms with Crippen molar-refractivity contribution in [2.45, 2.75) is 6.04 Å². The third-order valence-corrected chi connectivity index (χ3v) is 3.22. The SMILES string of the molecule is COC(=O)C1COCCN1C(=O)c1cccc(C(=O)O)c1. The zero-order chi connectivity index (χ0) is 15.4. The lowest BCUT2D eigenvalue weighted by atomic mass is 10.1. The molecular weight excluding hydrogens is 278 g/mol. The van der Waals surface area contributed by atoms with Gasteiger partial charge in [0, 0.05) is 12.1 Å². The summed E-state index contributed by atoms with van der Waals surface area (Å²) in [6.45, 7) is 0.630. The van der Waals surface area contributed by atoms with E-state index in [0.29, 0.717) is 6.61 Å². The van der Waals surface area contributed by atoms with Gasteiger partial charge in [-0.2, -0.15) is 0 Å². The second kappa shape index (κ2) is 6.36. The quantitative estimate of drug-likeness (QED) is 0.811. The molecule has 7 nitrogen and oxygen atoms in total. The fraction of sp³-hybridized carbons (Fsp3) is 0.357. The molecule has 0 aromatic heterocycles. The molecule has 0 spiro atoms. The van der Waals surface area contributed by atoms with E-state index in [9.17, 15) is 14.4 Å². The van der Waals surface area contributed by atoms with E-state index in [1.807, 2.05) is 0 Å². The van der Waals surface area contributed by atoms with Gasteiger partial charge in [-0.1, -0.05) is 6.07 Å². The summed E-state index contributed by atoms with van der Waals surface area (Å²) in [5.41, 5.74) is 0.231. The van der Waals surface area contributed by atoms with Crippen LogP contribution in [0.2, 0.25) is 0 Å². The minimum atomic E-state index is -1.11. The van der Waals surface area contributed by atoms with Crippen LogP contribution in [0, 0.1) is 0 Å². The maximum absolute atomic E-state index is 12.5. The fourth-order valence-electron chi connectivity index (χ4n) is 2.13. The number of carboxylic acid groups (broad SMARTS) is 1. The van der Waals surface area contributed by atoms with Gasteiger partial charge in [-0.05, 0) is 18.2 Å². The Morgan fingerprint density at radius 2 is 2.05 bits per heavy atom. The first-order valence-electron chi connectivity index (χ1n) is 6.34. The monoisotopic (exact) mass is 293 g/mol. The van der Waals surface area contributed by atoms with Gasteiger partial charge in [-0.3, -0.25) is 4.79 Å². The summed E-state index contributed by atoms with van der Waals surface area (Å²) in [4.78, 5) is 36.5. The van der Waals surface area contributed by atoms with Crippen molar-refractivity contribution in [1.82, 2.24) is 4.90 Å². The molecule has 1 aromatic rings. The first-order valence-corrected chi connectivity index (χ1v) is 6.34. The minimum Gasteiger partial charge on any atom is -0.478 e. The average molecular weight is 293 g/mol. The number of aromatic carboxylic acids is 1. The molecule has 1 heterocycles. The van der Waals surface area contributed by atoms with Crippen molar-refractivity contribution in [3.8, 4) is 0 Å². The molecule has 7 heteroatoms. The summed E-state index contributed by atoms with van der Waals surface area (Å²) < 4.78 is 9.86. The molecule has 1 amide bonds. The normalized spacial score (nSPS) is 18.1. The number of hydrogen-bond acceptors (Lipinski definition) is 5. The van der Waals surface area contributed by atoms with Crippen molar-refractivity contribution in [1.29, 1.82) is 0 Å². The number of methoxy groups -OCH3 is 1. The maximum atomic E-state index is 12.5. The summed E-state index contributed by atoms with van der Waals surface area (Å²) in [5.74, 6) is -2.09. The van der Waals surface area contributed by atoms with E-state index in [0.717, 1.165) is 0 Å². The molecule has 21 heavy (non-hydrogen) atoms. The molecule has 1 unspecified atom stereocenters. The van der Waals surface area contributed by atoms with E-state index in [1.165, 1.54) is 36.3 Å². The summed E-state index contributed by atoms with van der Waals surface area (Å²) in [7, 11) is 1.24. The van der Waals surface area contributed by atoms with Crippen LogP contribution in [0.15, 0.2) is 24.3 Å². The van der Waals surface area contributed by atoms with Gasteiger partial charge >= 0.3 is 11.9 Å². The first-order chi connectivity index (χ1) is 10.0. The zero-order valence-electron chi connectivity index (χ0n) is 11.4. The van der Waals surface area contributed by atoms with Crippen LogP contribution < -0.4 is 0 Å². The number of hydrogen-bond donors (Lipinski definition) is 1. The van der Waals surface area contributed by atoms with Gasteiger partial charge in [0.15, 0.2) is 6.04 Å². The lowest BCUT2D eigenvalue weighted by molar-refractivity contribution is -0.151. The van der Waals surface area contributed by atoms with Crippen LogP contribution in [0.4, 0.5) is 0 Å². The standard InChI is InChI=1S/C14H15NO6/c1-20-14(19)11-8-21-6-5-15(11)12(16)9-3-2-4-10(7-9)13(17)18/h2-4,7,11H,5-6,8H2,1H3,(H,17,18). The van der Waals surface area contributed by atoms with Crippen molar-refractivity contribution in [3.63, 3.8) is 0 Å². The number of amides is 1. The number of morpholine rings is 1. The molecule has 1 aromatic carbocycles. The first kappa shape index (κ1) is 15.0. The molecule has 1 N–H and O–H groups in total. The van der Waals surface area contributed by atoms with Gasteiger partial charge in [0.25, 0.3) is 5.91 Å². The lowest BCUT2D eigenvalue weighted by Gasteiger charge is -2.33. The van der Waals surface area contributed by atoms with Crippen molar-refractivity contribution in [2.75, 3.05) is 26.9 Å². The van der Waals surface area contributed by atoms with Crippen LogP contribution in [0.5, 0.6) is 0 Å². The van der Waals surface area contributed by atoms with Crippen LogP contribution in [-0.4, -0.2) is 60.8 Å². The van der Waals surface area contributed by atoms with Crippen LogP contribution >= 0.6 is 0 Å². The molecule has 1 aliphatic heterocycles. The Hall–Kier alpha value is -2.41. The Bertz CT molecular complexity index is 570. The Kier molecular flexibility index (Phi) is 4.54. The average Bonchev–Trinajstić information content (AvgIpc) is 2.53. The van der Waals surface area contributed by atoms with Crippen LogP contribution in [0.3, 0.4) is 0 Å². The highest BCUT2D eigenvalue weighted by Crippen LogP contribution is 2.15. The van der Waals surface area contributed by atoms with Crippen molar-refractivity contribution >= 4 is 17.8 Å². The Morgan fingerprint density at radius 3 is 2.71 bits per heavy atom. The largest absolute Gasteiger partial charge is 0.478 e. The molecule has 0 bridgehead atoms. The van der Waals surface area contributed by atoms with E-state index in [4.69, 9.17) is 9.84 Å². The Morgan fingerprint density at radius 1 is 1.33 bits per heavy atom. The molecular formula is C14H15NO6. The molecule has 1 fully saturated rings. The maximum Gasteiger partial charge on any atom is 0.335 e. The number of esters is 1. The highest BCUT2D eigenvalue weighted by Gasteiger charge is 2.34. The molecule has 1 aliphatic rings. The van der Waals surface area contributed by atoms with Crippen LogP contribution in [0.1, 0.15) is 20.7 Å². The topological polar surface area (TPSA) is 93.1 Å². The Balaban J connectivity index is 2.26. The number of carbonyl (C=O) groups excluding carboxylic acids is 2. The van der Waals surface area contributed by atoms with E-state index in [-0.39, 0.29) is 24.3 Å². The number of carboxylic acids is 1. The highest BCUT2D eigenvalue weighted by atomic mass is 16.5. The lowest BCUT2D eigenvalue weighted by Crippen LogP contribution is -2.53. The minimum absolute atomic E-state index is 0.0173. The number of nitrogens with zero attached hydrogens (tertiary/aromatic N) is 1. The second-order valence-corrected chi connectivity index (χ2v) is 4.50. The molecule has 1 atom stereocenters. The van der Waals surface area contributed by atoms with E-state index in [1.54, 1.807) is 0 Å². The van der Waals surface area contributed by atoms with Gasteiger partial charge in [0.2, 0.25) is 0 Å². The molecule has 0 saturated carbocycles. The van der Waals surface area contributed by atoms with Gasteiger partial charge in [0.1, 0.15) is 0 Å². The molecule has 0 aliphatic carbocycles. The van der Waals surface area contributed by atoms with Gasteiger partial charge < -0.3 is 19.5 Å². The second-order valence-electron chi connectivity index (χ2n) is 4.50. The predicted octanol–water partition coefficient (Wildman–Crippen LogP) is 0.399. The summed E-state index contributed by atoms with van der Waals surface area (Å²) >= 11 is 0. The molecule has 2 rings (SSSR count). The van der Waals surface area contributed by atoms with Crippen LogP contribution in [0.25, 0.3) is 0 Å². The summed E-state index contributed by atoms with van der Waals surface area (Å²) in [6, 6.07) is 4.87. The van der Waals surface area contributed by atoms with Crippen molar-refractivity contribution < 1.29 is 29.0 Å². The van der Waals surface area contributed by atoms with E-state index >= 15 is 0 Å². The number of benzene rings is 1. The smallest absolute Gasteiger partial charge is 0.335 e. The van der Waals surface area contributed by atoms with Gasteiger partial charge in [-0.25, -0.2) is 9.59 Å². The van der Waals surface area contributed by atoms with Crippen LogP contribution in [-0.2, 0) is 14.3 Å². The molecule has 1 saturated heterocycles. The van der Waals surface area contributed by atoms with Gasteiger partial charge in [0.05, 0.1) is 25.9 Å². The van der Waals surface area contributed by atoms with Crippen molar-refractivity contribution in [2.24, 2.45) is 0 Å². The number of carbonyl (C=O) groups is 3. The number of ether oxygens (including phenoxy) is 2. The highest BCUT2D eigenvalue weighted by molar-refractivity contribution is 5.99. The van der Waals surface area contributed by atoms with Gasteiger partial charge in [-0.15, -0.1) is 0 Å². The third-order valence-electron chi connectivity index (χ3n) is 3.22. The third kappa shape index (κ3) is 3.19. The zero-order valence-corrected chi connectivity index (χ0v) is 11.4. The van der Waals surface area contributed by atoms with E-state index in [2.05, 4.69) is 4.74 Å².